The highest BCUT2D eigenvalue weighted by Gasteiger charge is 2.10. The van der Waals surface area contributed by atoms with Gasteiger partial charge in [0, 0.05) is 21.7 Å². The Labute approximate surface area is 120 Å². The quantitative estimate of drug-likeness (QED) is 0.844. The van der Waals surface area contributed by atoms with Gasteiger partial charge in [-0.15, -0.1) is 5.10 Å². The third-order valence-electron chi connectivity index (χ3n) is 2.44. The summed E-state index contributed by atoms with van der Waals surface area (Å²) in [6.07, 6.45) is 0. The van der Waals surface area contributed by atoms with Gasteiger partial charge >= 0.3 is 0 Å². The van der Waals surface area contributed by atoms with Gasteiger partial charge in [-0.25, -0.2) is 4.98 Å². The van der Waals surface area contributed by atoms with Gasteiger partial charge in [0.25, 0.3) is 0 Å². The predicted molar refractivity (Wildman–Crippen MR) is 76.5 cm³/mol. The summed E-state index contributed by atoms with van der Waals surface area (Å²) in [4.78, 5) is 4.39. The molecule has 96 valence electrons. The minimum atomic E-state index is 0.343. The lowest BCUT2D eigenvalue weighted by atomic mass is 10.2. The molecule has 0 atom stereocenters. The molecule has 0 fully saturated rings. The molecule has 3 nitrogen and oxygen atoms in total. The first-order valence-electron chi connectivity index (χ1n) is 5.56. The van der Waals surface area contributed by atoms with Crippen LogP contribution in [-0.2, 0) is 5.75 Å². The van der Waals surface area contributed by atoms with Crippen molar-refractivity contribution < 1.29 is 0 Å². The standard InChI is InChI=1S/C12H13Cl2N3S/c1-7(2)11-15-12(17-16-11)18-6-8-9(13)4-3-5-10(8)14/h3-5,7H,6H2,1-2H3,(H,15,16,17). The SMILES string of the molecule is CC(C)c1nc(SCc2c(Cl)cccc2Cl)n[nH]1. The summed E-state index contributed by atoms with van der Waals surface area (Å²) in [6, 6.07) is 5.50. The van der Waals surface area contributed by atoms with Gasteiger partial charge in [-0.05, 0) is 17.7 Å². The van der Waals surface area contributed by atoms with Crippen LogP contribution in [-0.4, -0.2) is 15.2 Å². The third-order valence-corrected chi connectivity index (χ3v) is 4.02. The van der Waals surface area contributed by atoms with Crippen molar-refractivity contribution >= 4 is 35.0 Å². The number of nitrogens with one attached hydrogen (secondary N) is 1. The van der Waals surface area contributed by atoms with E-state index in [0.29, 0.717) is 21.7 Å². The summed E-state index contributed by atoms with van der Waals surface area (Å²) >= 11 is 13.7. The average Bonchev–Trinajstić information content (AvgIpc) is 2.77. The van der Waals surface area contributed by atoms with Gasteiger partial charge in [0.05, 0.1) is 0 Å². The summed E-state index contributed by atoms with van der Waals surface area (Å²) in [7, 11) is 0. The van der Waals surface area contributed by atoms with Crippen LogP contribution in [0.15, 0.2) is 23.4 Å². The molecule has 0 aliphatic heterocycles. The maximum absolute atomic E-state index is 6.11. The zero-order valence-electron chi connectivity index (χ0n) is 10.1. The minimum absolute atomic E-state index is 0.343. The Balaban J connectivity index is 2.07. The summed E-state index contributed by atoms with van der Waals surface area (Å²) < 4.78 is 0. The van der Waals surface area contributed by atoms with Gasteiger partial charge in [-0.2, -0.15) is 0 Å². The van der Waals surface area contributed by atoms with Crippen LogP contribution in [0, 0.1) is 0 Å². The summed E-state index contributed by atoms with van der Waals surface area (Å²) in [6.45, 7) is 4.14. The van der Waals surface area contributed by atoms with E-state index >= 15 is 0 Å². The van der Waals surface area contributed by atoms with Crippen LogP contribution in [0.4, 0.5) is 0 Å². The summed E-state index contributed by atoms with van der Waals surface area (Å²) in [5.74, 6) is 1.90. The van der Waals surface area contributed by atoms with Crippen molar-refractivity contribution in [2.24, 2.45) is 0 Å². The molecule has 0 bridgehead atoms. The molecule has 2 aromatic rings. The fourth-order valence-electron chi connectivity index (χ4n) is 1.39. The Kier molecular flexibility index (Phi) is 4.54. The van der Waals surface area contributed by atoms with Crippen molar-refractivity contribution in [3.63, 3.8) is 0 Å². The largest absolute Gasteiger partial charge is 0.262 e. The number of rotatable bonds is 4. The molecular weight excluding hydrogens is 289 g/mol. The molecule has 1 aromatic heterocycles. The molecule has 18 heavy (non-hydrogen) atoms. The Morgan fingerprint density at radius 2 is 1.94 bits per heavy atom. The van der Waals surface area contributed by atoms with Gasteiger partial charge in [-0.3, -0.25) is 5.10 Å². The molecule has 0 saturated heterocycles. The molecule has 0 saturated carbocycles. The van der Waals surface area contributed by atoms with Gasteiger partial charge in [0.2, 0.25) is 5.16 Å². The first kappa shape index (κ1) is 13.7. The second-order valence-electron chi connectivity index (χ2n) is 4.15. The Hall–Kier alpha value is -0.710. The van der Waals surface area contributed by atoms with E-state index in [9.17, 15) is 0 Å². The summed E-state index contributed by atoms with van der Waals surface area (Å²) in [5, 5.41) is 9.14. The van der Waals surface area contributed by atoms with E-state index in [2.05, 4.69) is 29.0 Å². The monoisotopic (exact) mass is 301 g/mol. The molecule has 2 rings (SSSR count). The van der Waals surface area contributed by atoms with Crippen LogP contribution >= 0.6 is 35.0 Å². The van der Waals surface area contributed by atoms with E-state index in [1.165, 1.54) is 11.8 Å². The van der Waals surface area contributed by atoms with E-state index in [-0.39, 0.29) is 0 Å². The molecule has 1 heterocycles. The molecule has 0 spiro atoms. The number of nitrogens with zero attached hydrogens (tertiary/aromatic N) is 2. The van der Waals surface area contributed by atoms with E-state index in [0.717, 1.165) is 16.5 Å². The molecule has 1 aromatic carbocycles. The number of aromatic amines is 1. The molecule has 0 unspecified atom stereocenters. The second kappa shape index (κ2) is 5.95. The molecule has 0 aliphatic rings. The number of hydrogen-bond donors (Lipinski definition) is 1. The Morgan fingerprint density at radius 1 is 1.28 bits per heavy atom. The van der Waals surface area contributed by atoms with Gasteiger partial charge in [0.1, 0.15) is 5.82 Å². The number of thioether (sulfide) groups is 1. The molecular formula is C12H13Cl2N3S. The number of benzene rings is 1. The van der Waals surface area contributed by atoms with Crippen LogP contribution in [0.3, 0.4) is 0 Å². The third kappa shape index (κ3) is 3.19. The number of halogens is 2. The molecule has 0 amide bonds. The first-order valence-corrected chi connectivity index (χ1v) is 7.30. The molecule has 1 N–H and O–H groups in total. The van der Waals surface area contributed by atoms with Gasteiger partial charge < -0.3 is 0 Å². The predicted octanol–water partition coefficient (Wildman–Crippen LogP) is 4.53. The number of hydrogen-bond acceptors (Lipinski definition) is 3. The van der Waals surface area contributed by atoms with Crippen LogP contribution in [0.2, 0.25) is 10.0 Å². The number of H-pyrrole nitrogens is 1. The molecule has 0 aliphatic carbocycles. The van der Waals surface area contributed by atoms with Gasteiger partial charge in [-0.1, -0.05) is 54.9 Å². The lowest BCUT2D eigenvalue weighted by Crippen LogP contribution is -1.89. The van der Waals surface area contributed by atoms with Crippen molar-refractivity contribution in [1.82, 2.24) is 15.2 Å². The highest BCUT2D eigenvalue weighted by Crippen LogP contribution is 2.30. The lowest BCUT2D eigenvalue weighted by Gasteiger charge is -2.04. The van der Waals surface area contributed by atoms with Crippen molar-refractivity contribution in [2.45, 2.75) is 30.7 Å². The van der Waals surface area contributed by atoms with E-state index in [4.69, 9.17) is 23.2 Å². The second-order valence-corrected chi connectivity index (χ2v) is 5.90. The summed E-state index contributed by atoms with van der Waals surface area (Å²) in [5.41, 5.74) is 0.918. The minimum Gasteiger partial charge on any atom is -0.262 e. The fourth-order valence-corrected chi connectivity index (χ4v) is 2.93. The van der Waals surface area contributed by atoms with E-state index in [1.54, 1.807) is 0 Å². The Bertz CT molecular complexity index is 520. The normalized spacial score (nSPS) is 11.2. The van der Waals surface area contributed by atoms with Crippen molar-refractivity contribution in [2.75, 3.05) is 0 Å². The number of aromatic nitrogens is 3. The van der Waals surface area contributed by atoms with Crippen LogP contribution in [0.25, 0.3) is 0 Å². The zero-order valence-corrected chi connectivity index (χ0v) is 12.4. The van der Waals surface area contributed by atoms with Crippen LogP contribution in [0.1, 0.15) is 31.2 Å². The molecule has 0 radical (unpaired) electrons. The zero-order chi connectivity index (χ0) is 13.1. The highest BCUT2D eigenvalue weighted by atomic mass is 35.5. The average molecular weight is 302 g/mol. The fraction of sp³-hybridized carbons (Fsp3) is 0.333. The van der Waals surface area contributed by atoms with E-state index < -0.39 is 0 Å². The van der Waals surface area contributed by atoms with Crippen molar-refractivity contribution in [3.8, 4) is 0 Å². The van der Waals surface area contributed by atoms with Crippen molar-refractivity contribution in [1.29, 1.82) is 0 Å². The first-order chi connectivity index (χ1) is 8.58. The maximum Gasteiger partial charge on any atom is 0.208 e. The maximum atomic E-state index is 6.11. The van der Waals surface area contributed by atoms with E-state index in [1.807, 2.05) is 18.2 Å². The molecule has 6 heteroatoms. The Morgan fingerprint density at radius 3 is 2.50 bits per heavy atom. The van der Waals surface area contributed by atoms with Crippen molar-refractivity contribution in [3.05, 3.63) is 39.6 Å². The van der Waals surface area contributed by atoms with Gasteiger partial charge in [0.15, 0.2) is 0 Å². The lowest BCUT2D eigenvalue weighted by molar-refractivity contribution is 0.780. The van der Waals surface area contributed by atoms with Crippen LogP contribution in [0.5, 0.6) is 0 Å². The smallest absolute Gasteiger partial charge is 0.208 e. The topological polar surface area (TPSA) is 41.6 Å². The highest BCUT2D eigenvalue weighted by molar-refractivity contribution is 7.98. The van der Waals surface area contributed by atoms with Crippen LogP contribution < -0.4 is 0 Å².